The third-order valence-electron chi connectivity index (χ3n) is 4.01. The molecule has 4 nitrogen and oxygen atoms in total. The smallest absolute Gasteiger partial charge is 0.436 e. The molecule has 17 heteroatoms. The standard InChI is InChI=1S/C11H7BF12O4/c1-27-5(26)7(10(19,20)21,11(22,23)24)28-12-2-4(25)6(3-12,8(13,14)15)9(16,17)18/h2-3H2,1H3. The summed E-state index contributed by atoms with van der Waals surface area (Å²) in [7, 11) is 0.0491. The summed E-state index contributed by atoms with van der Waals surface area (Å²) in [6.45, 7) is -3.20. The molecule has 0 aromatic carbocycles. The van der Waals surface area contributed by atoms with E-state index in [1.165, 1.54) is 0 Å². The summed E-state index contributed by atoms with van der Waals surface area (Å²) in [6.07, 6.45) is -30.9. The molecule has 1 fully saturated rings. The molecule has 0 atom stereocenters. The van der Waals surface area contributed by atoms with Crippen molar-refractivity contribution in [2.24, 2.45) is 5.41 Å². The molecule has 0 radical (unpaired) electrons. The molecule has 162 valence electrons. The summed E-state index contributed by atoms with van der Waals surface area (Å²) in [5, 5.41) is 0. The molecule has 0 N–H and O–H groups in total. The van der Waals surface area contributed by atoms with Gasteiger partial charge in [-0.05, 0) is 6.32 Å². The minimum atomic E-state index is -6.69. The Balaban J connectivity index is 3.53. The highest BCUT2D eigenvalue weighted by atomic mass is 19.4. The molecule has 1 rings (SSSR count). The largest absolute Gasteiger partial charge is 0.466 e. The van der Waals surface area contributed by atoms with Crippen molar-refractivity contribution in [1.82, 2.24) is 0 Å². The summed E-state index contributed by atoms with van der Waals surface area (Å²) >= 11 is 0. The van der Waals surface area contributed by atoms with Crippen LogP contribution in [0.2, 0.25) is 12.6 Å². The maximum Gasteiger partial charge on any atom is 0.436 e. The number of Topliss-reactive ketones (excluding diaryl/α,β-unsaturated/α-hetero) is 1. The van der Waals surface area contributed by atoms with E-state index in [9.17, 15) is 62.3 Å². The third-order valence-corrected chi connectivity index (χ3v) is 4.01. The van der Waals surface area contributed by atoms with Crippen LogP contribution in [0.25, 0.3) is 0 Å². The van der Waals surface area contributed by atoms with Gasteiger partial charge in [-0.15, -0.1) is 0 Å². The predicted octanol–water partition coefficient (Wildman–Crippen LogP) is 3.72. The van der Waals surface area contributed by atoms with Gasteiger partial charge in [0.2, 0.25) is 5.41 Å². The molecule has 1 heterocycles. The fourth-order valence-electron chi connectivity index (χ4n) is 2.67. The fourth-order valence-corrected chi connectivity index (χ4v) is 2.67. The number of hydrogen-bond acceptors (Lipinski definition) is 4. The highest BCUT2D eigenvalue weighted by Gasteiger charge is 2.82. The summed E-state index contributed by atoms with van der Waals surface area (Å²) in [5.41, 5.74) is -11.1. The van der Waals surface area contributed by atoms with Crippen LogP contribution >= 0.6 is 0 Å². The predicted molar refractivity (Wildman–Crippen MR) is 62.9 cm³/mol. The number of halogens is 12. The maximum absolute atomic E-state index is 13.0. The minimum absolute atomic E-state index is 0.0491. The van der Waals surface area contributed by atoms with Gasteiger partial charge in [-0.1, -0.05) is 0 Å². The lowest BCUT2D eigenvalue weighted by Crippen LogP contribution is -2.66. The Morgan fingerprint density at radius 2 is 1.29 bits per heavy atom. The van der Waals surface area contributed by atoms with Crippen LogP contribution in [-0.4, -0.2) is 56.1 Å². The van der Waals surface area contributed by atoms with Crippen LogP contribution < -0.4 is 0 Å². The van der Waals surface area contributed by atoms with E-state index in [1.807, 2.05) is 0 Å². The molecule has 0 amide bonds. The van der Waals surface area contributed by atoms with Gasteiger partial charge in [-0.3, -0.25) is 4.79 Å². The summed E-state index contributed by atoms with van der Waals surface area (Å²) < 4.78 is 163. The second kappa shape index (κ2) is 6.69. The highest BCUT2D eigenvalue weighted by molar-refractivity contribution is 6.60. The van der Waals surface area contributed by atoms with Crippen LogP contribution in [0.15, 0.2) is 0 Å². The zero-order valence-electron chi connectivity index (χ0n) is 13.2. The van der Waals surface area contributed by atoms with E-state index in [-0.39, 0.29) is 7.11 Å². The van der Waals surface area contributed by atoms with Crippen molar-refractivity contribution in [2.45, 2.75) is 42.9 Å². The van der Waals surface area contributed by atoms with E-state index >= 15 is 0 Å². The van der Waals surface area contributed by atoms with Gasteiger partial charge in [0, 0.05) is 6.32 Å². The zero-order chi connectivity index (χ0) is 22.6. The lowest BCUT2D eigenvalue weighted by atomic mass is 9.62. The Bertz CT molecular complexity index is 603. The highest BCUT2D eigenvalue weighted by Crippen LogP contribution is 2.59. The first kappa shape index (κ1) is 24.4. The molecule has 0 aliphatic carbocycles. The lowest BCUT2D eigenvalue weighted by molar-refractivity contribution is -0.349. The molecule has 0 unspecified atom stereocenters. The third kappa shape index (κ3) is 3.41. The maximum atomic E-state index is 13.0. The van der Waals surface area contributed by atoms with Crippen molar-refractivity contribution in [1.29, 1.82) is 0 Å². The molecule has 0 bridgehead atoms. The first-order valence-corrected chi connectivity index (χ1v) is 6.75. The van der Waals surface area contributed by atoms with Crippen molar-refractivity contribution in [3.05, 3.63) is 0 Å². The number of ketones is 1. The molecule has 1 aliphatic rings. The average Bonchev–Trinajstić information content (AvgIpc) is 2.78. The van der Waals surface area contributed by atoms with Crippen molar-refractivity contribution >= 4 is 18.7 Å². The van der Waals surface area contributed by atoms with E-state index in [0.29, 0.717) is 0 Å². The molecule has 1 saturated heterocycles. The quantitative estimate of drug-likeness (QED) is 0.380. The van der Waals surface area contributed by atoms with Crippen LogP contribution in [0.3, 0.4) is 0 Å². The number of esters is 1. The number of methoxy groups -OCH3 is 1. The number of carbonyl (C=O) groups excluding carboxylic acids is 2. The molecule has 28 heavy (non-hydrogen) atoms. The fraction of sp³-hybridized carbons (Fsp3) is 0.818. The van der Waals surface area contributed by atoms with Gasteiger partial charge in [-0.2, -0.15) is 52.7 Å². The second-order valence-corrected chi connectivity index (χ2v) is 5.64. The summed E-state index contributed by atoms with van der Waals surface area (Å²) in [4.78, 5) is 22.7. The number of rotatable bonds is 3. The molecular formula is C11H7BF12O4. The van der Waals surface area contributed by atoms with Crippen LogP contribution in [0.4, 0.5) is 52.7 Å². The molecule has 0 saturated carbocycles. The SMILES string of the molecule is COC(=O)C(OB1CC(=O)C(C(F)(F)F)(C(F)(F)F)C1)(C(F)(F)F)C(F)(F)F. The molecule has 0 aromatic heterocycles. The zero-order valence-corrected chi connectivity index (χ0v) is 13.2. The number of ether oxygens (including phenoxy) is 1. The van der Waals surface area contributed by atoms with Crippen LogP contribution in [0.5, 0.6) is 0 Å². The second-order valence-electron chi connectivity index (χ2n) is 5.64. The van der Waals surface area contributed by atoms with E-state index in [2.05, 4.69) is 9.39 Å². The van der Waals surface area contributed by atoms with Crippen molar-refractivity contribution in [2.75, 3.05) is 7.11 Å². The van der Waals surface area contributed by atoms with E-state index in [4.69, 9.17) is 0 Å². The Kier molecular flexibility index (Phi) is 5.82. The van der Waals surface area contributed by atoms with Crippen LogP contribution in [-0.2, 0) is 19.0 Å². The molecule has 1 aliphatic heterocycles. The Labute approximate surface area is 147 Å². The van der Waals surface area contributed by atoms with Crippen molar-refractivity contribution in [3.63, 3.8) is 0 Å². The van der Waals surface area contributed by atoms with Crippen LogP contribution in [0.1, 0.15) is 0 Å². The van der Waals surface area contributed by atoms with Gasteiger partial charge in [-0.25, -0.2) is 4.79 Å². The van der Waals surface area contributed by atoms with Gasteiger partial charge in [0.15, 0.2) is 5.78 Å². The minimum Gasteiger partial charge on any atom is -0.466 e. The van der Waals surface area contributed by atoms with Gasteiger partial charge >= 0.3 is 43.2 Å². The summed E-state index contributed by atoms with van der Waals surface area (Å²) in [6, 6.07) is 0. The lowest BCUT2D eigenvalue weighted by Gasteiger charge is -2.36. The van der Waals surface area contributed by atoms with Crippen molar-refractivity contribution < 1.29 is 71.7 Å². The number of alkyl halides is 12. The average molecular weight is 442 g/mol. The van der Waals surface area contributed by atoms with Gasteiger partial charge in [0.1, 0.15) is 0 Å². The van der Waals surface area contributed by atoms with E-state index < -0.39 is 67.0 Å². The Hall–Kier alpha value is -1.68. The number of hydrogen-bond donors (Lipinski definition) is 0. The molecular weight excluding hydrogens is 435 g/mol. The molecule has 0 spiro atoms. The van der Waals surface area contributed by atoms with Gasteiger partial charge < -0.3 is 9.39 Å². The summed E-state index contributed by atoms with van der Waals surface area (Å²) in [5.74, 6) is -5.93. The first-order valence-electron chi connectivity index (χ1n) is 6.75. The van der Waals surface area contributed by atoms with Crippen LogP contribution in [0, 0.1) is 5.41 Å². The van der Waals surface area contributed by atoms with Gasteiger partial charge in [0.05, 0.1) is 7.11 Å². The number of carbonyl (C=O) groups is 2. The van der Waals surface area contributed by atoms with Crippen molar-refractivity contribution in [3.8, 4) is 0 Å². The monoisotopic (exact) mass is 442 g/mol. The first-order chi connectivity index (χ1) is 12.2. The Morgan fingerprint density at radius 3 is 1.54 bits per heavy atom. The normalized spacial score (nSPS) is 19.2. The Morgan fingerprint density at radius 1 is 0.893 bits per heavy atom. The topological polar surface area (TPSA) is 52.6 Å². The van der Waals surface area contributed by atoms with Gasteiger partial charge in [0.25, 0.3) is 0 Å². The molecule has 0 aromatic rings. The van der Waals surface area contributed by atoms with E-state index in [0.717, 1.165) is 0 Å². The van der Waals surface area contributed by atoms with E-state index in [1.54, 1.807) is 0 Å².